The molecule has 0 aliphatic heterocycles. The number of hydrogen-bond donors (Lipinski definition) is 1. The number of hydrogen-bond acceptors (Lipinski definition) is 5. The van der Waals surface area contributed by atoms with E-state index in [4.69, 9.17) is 4.52 Å². The lowest BCUT2D eigenvalue weighted by atomic mass is 10.1. The number of nitrogens with zero attached hydrogens (tertiary/aromatic N) is 4. The lowest BCUT2D eigenvalue weighted by Gasteiger charge is -2.11. The SMILES string of the molecule is CC(=O)Nc1cccc(-c2nc(-c3ccc4c(c3)ncn4C3CCCC3)no2)c1. The molecule has 0 radical (unpaired) electrons. The van der Waals surface area contributed by atoms with Crippen molar-refractivity contribution in [3.8, 4) is 22.8 Å². The second-order valence-corrected chi connectivity index (χ2v) is 7.48. The molecule has 7 nitrogen and oxygen atoms in total. The van der Waals surface area contributed by atoms with Crippen LogP contribution >= 0.6 is 0 Å². The van der Waals surface area contributed by atoms with Crippen molar-refractivity contribution in [2.24, 2.45) is 0 Å². The van der Waals surface area contributed by atoms with Gasteiger partial charge in [-0.2, -0.15) is 4.98 Å². The molecular weight excluding hydrogens is 366 g/mol. The molecule has 1 N–H and O–H groups in total. The second-order valence-electron chi connectivity index (χ2n) is 7.48. The minimum absolute atomic E-state index is 0.126. The van der Waals surface area contributed by atoms with Crippen molar-refractivity contribution in [1.82, 2.24) is 19.7 Å². The van der Waals surface area contributed by atoms with Gasteiger partial charge in [-0.3, -0.25) is 4.79 Å². The van der Waals surface area contributed by atoms with E-state index in [-0.39, 0.29) is 5.91 Å². The van der Waals surface area contributed by atoms with Crippen LogP contribution in [-0.4, -0.2) is 25.6 Å². The van der Waals surface area contributed by atoms with Crippen LogP contribution in [0, 0.1) is 0 Å². The molecule has 5 rings (SSSR count). The zero-order valence-electron chi connectivity index (χ0n) is 16.1. The van der Waals surface area contributed by atoms with Crippen LogP contribution in [0.3, 0.4) is 0 Å². The van der Waals surface area contributed by atoms with E-state index in [0.717, 1.165) is 22.2 Å². The standard InChI is InChI=1S/C22H21N5O2/c1-14(28)24-17-6-4-5-16(11-17)22-25-21(26-29-22)15-9-10-20-19(12-15)23-13-27(20)18-7-2-3-8-18/h4-6,9-13,18H,2-3,7-8H2,1H3,(H,24,28). The fraction of sp³-hybridized carbons (Fsp3) is 0.273. The molecule has 4 aromatic rings. The Morgan fingerprint density at radius 2 is 2.00 bits per heavy atom. The third kappa shape index (κ3) is 3.40. The molecule has 2 aromatic carbocycles. The van der Waals surface area contributed by atoms with Crippen LogP contribution in [0.5, 0.6) is 0 Å². The minimum Gasteiger partial charge on any atom is -0.334 e. The highest BCUT2D eigenvalue weighted by atomic mass is 16.5. The largest absolute Gasteiger partial charge is 0.334 e. The first-order valence-corrected chi connectivity index (χ1v) is 9.86. The molecule has 1 amide bonds. The summed E-state index contributed by atoms with van der Waals surface area (Å²) in [4.78, 5) is 20.4. The second kappa shape index (κ2) is 7.16. The van der Waals surface area contributed by atoms with E-state index >= 15 is 0 Å². The number of rotatable bonds is 4. The van der Waals surface area contributed by atoms with Gasteiger partial charge in [0.25, 0.3) is 5.89 Å². The van der Waals surface area contributed by atoms with Gasteiger partial charge < -0.3 is 14.4 Å². The number of fused-ring (bicyclic) bond motifs is 1. The van der Waals surface area contributed by atoms with E-state index in [1.54, 1.807) is 0 Å². The van der Waals surface area contributed by atoms with Crippen molar-refractivity contribution in [3.63, 3.8) is 0 Å². The Kier molecular flexibility index (Phi) is 4.35. The van der Waals surface area contributed by atoms with Gasteiger partial charge in [-0.1, -0.05) is 24.1 Å². The summed E-state index contributed by atoms with van der Waals surface area (Å²) in [6, 6.07) is 14.0. The minimum atomic E-state index is -0.126. The highest BCUT2D eigenvalue weighted by Gasteiger charge is 2.19. The summed E-state index contributed by atoms with van der Waals surface area (Å²) < 4.78 is 7.76. The van der Waals surface area contributed by atoms with Gasteiger partial charge in [0.2, 0.25) is 11.7 Å². The molecule has 1 aliphatic carbocycles. The average molecular weight is 387 g/mol. The molecule has 1 saturated carbocycles. The molecule has 2 aromatic heterocycles. The number of carbonyl (C=O) groups is 1. The Balaban J connectivity index is 1.44. The van der Waals surface area contributed by atoms with Crippen LogP contribution in [0.15, 0.2) is 53.3 Å². The first kappa shape index (κ1) is 17.6. The first-order valence-electron chi connectivity index (χ1n) is 9.86. The molecule has 7 heteroatoms. The van der Waals surface area contributed by atoms with Gasteiger partial charge in [0.15, 0.2) is 0 Å². The predicted octanol–water partition coefficient (Wildman–Crippen LogP) is 4.83. The maximum absolute atomic E-state index is 11.3. The average Bonchev–Trinajstić information content (AvgIpc) is 3.46. The number of imidazole rings is 1. The van der Waals surface area contributed by atoms with Gasteiger partial charge in [0, 0.05) is 29.8 Å². The van der Waals surface area contributed by atoms with Gasteiger partial charge in [0.1, 0.15) is 0 Å². The smallest absolute Gasteiger partial charge is 0.258 e. The van der Waals surface area contributed by atoms with Crippen LogP contribution < -0.4 is 5.32 Å². The third-order valence-corrected chi connectivity index (χ3v) is 5.41. The Morgan fingerprint density at radius 1 is 1.14 bits per heavy atom. The maximum atomic E-state index is 11.3. The van der Waals surface area contributed by atoms with E-state index in [1.807, 2.05) is 42.7 Å². The van der Waals surface area contributed by atoms with Crippen molar-refractivity contribution in [1.29, 1.82) is 0 Å². The fourth-order valence-corrected chi connectivity index (χ4v) is 4.04. The molecule has 0 bridgehead atoms. The lowest BCUT2D eigenvalue weighted by Crippen LogP contribution is -2.05. The Morgan fingerprint density at radius 3 is 2.83 bits per heavy atom. The highest BCUT2D eigenvalue weighted by molar-refractivity contribution is 5.89. The summed E-state index contributed by atoms with van der Waals surface area (Å²) in [5, 5.41) is 6.90. The molecule has 2 heterocycles. The number of carbonyl (C=O) groups excluding carboxylic acids is 1. The van der Waals surface area contributed by atoms with Gasteiger partial charge in [-0.25, -0.2) is 4.98 Å². The van der Waals surface area contributed by atoms with Crippen molar-refractivity contribution >= 4 is 22.6 Å². The molecule has 146 valence electrons. The highest BCUT2D eigenvalue weighted by Crippen LogP contribution is 2.33. The molecule has 1 fully saturated rings. The van der Waals surface area contributed by atoms with Crippen LogP contribution in [-0.2, 0) is 4.79 Å². The summed E-state index contributed by atoms with van der Waals surface area (Å²) in [6.45, 7) is 1.47. The zero-order valence-corrected chi connectivity index (χ0v) is 16.1. The van der Waals surface area contributed by atoms with Crippen molar-refractivity contribution in [2.45, 2.75) is 38.6 Å². The number of amides is 1. The number of anilines is 1. The van der Waals surface area contributed by atoms with E-state index in [1.165, 1.54) is 32.6 Å². The van der Waals surface area contributed by atoms with E-state index in [2.05, 4.69) is 31.1 Å². The summed E-state index contributed by atoms with van der Waals surface area (Å²) >= 11 is 0. The molecule has 29 heavy (non-hydrogen) atoms. The summed E-state index contributed by atoms with van der Waals surface area (Å²) in [7, 11) is 0. The van der Waals surface area contributed by atoms with Gasteiger partial charge in [0.05, 0.1) is 17.4 Å². The Labute approximate surface area is 167 Å². The van der Waals surface area contributed by atoms with E-state index < -0.39 is 0 Å². The molecule has 0 spiro atoms. The van der Waals surface area contributed by atoms with Crippen LogP contribution in [0.2, 0.25) is 0 Å². The lowest BCUT2D eigenvalue weighted by molar-refractivity contribution is -0.114. The maximum Gasteiger partial charge on any atom is 0.258 e. The third-order valence-electron chi connectivity index (χ3n) is 5.41. The van der Waals surface area contributed by atoms with Crippen LogP contribution in [0.1, 0.15) is 38.6 Å². The fourth-order valence-electron chi connectivity index (χ4n) is 4.04. The molecule has 1 aliphatic rings. The Hall–Kier alpha value is -3.48. The summed E-state index contributed by atoms with van der Waals surface area (Å²) in [6.07, 6.45) is 6.96. The Bertz CT molecular complexity index is 1190. The van der Waals surface area contributed by atoms with E-state index in [9.17, 15) is 4.79 Å². The molecule has 0 saturated heterocycles. The quantitative estimate of drug-likeness (QED) is 0.542. The van der Waals surface area contributed by atoms with E-state index in [0.29, 0.717) is 23.4 Å². The monoisotopic (exact) mass is 387 g/mol. The number of benzene rings is 2. The van der Waals surface area contributed by atoms with Crippen molar-refractivity contribution < 1.29 is 9.32 Å². The predicted molar refractivity (Wildman–Crippen MR) is 110 cm³/mol. The molecular formula is C22H21N5O2. The van der Waals surface area contributed by atoms with Gasteiger partial charge >= 0.3 is 0 Å². The first-order chi connectivity index (χ1) is 14.2. The van der Waals surface area contributed by atoms with Crippen LogP contribution in [0.4, 0.5) is 5.69 Å². The number of aromatic nitrogens is 4. The topological polar surface area (TPSA) is 85.8 Å². The number of nitrogens with one attached hydrogen (secondary N) is 1. The zero-order chi connectivity index (χ0) is 19.8. The van der Waals surface area contributed by atoms with Gasteiger partial charge in [-0.05, 0) is 49.2 Å². The molecule has 0 unspecified atom stereocenters. The van der Waals surface area contributed by atoms with Gasteiger partial charge in [-0.15, -0.1) is 0 Å². The molecule has 0 atom stereocenters. The normalized spacial score (nSPS) is 14.5. The van der Waals surface area contributed by atoms with Crippen molar-refractivity contribution in [2.75, 3.05) is 5.32 Å². The summed E-state index contributed by atoms with van der Waals surface area (Å²) in [5.41, 5.74) is 4.39. The van der Waals surface area contributed by atoms with Crippen LogP contribution in [0.25, 0.3) is 33.9 Å². The summed E-state index contributed by atoms with van der Waals surface area (Å²) in [5.74, 6) is 0.796. The van der Waals surface area contributed by atoms with Crippen molar-refractivity contribution in [3.05, 3.63) is 48.8 Å².